The van der Waals surface area contributed by atoms with E-state index in [0.717, 1.165) is 18.2 Å². The molecule has 3 aromatic rings. The van der Waals surface area contributed by atoms with Crippen LogP contribution in [-0.4, -0.2) is 82.1 Å². The predicted molar refractivity (Wildman–Crippen MR) is 111 cm³/mol. The van der Waals surface area contributed by atoms with Gasteiger partial charge in [0.25, 0.3) is 0 Å². The maximum absolute atomic E-state index is 12.7. The smallest absolute Gasteiger partial charge is 0.197 e. The van der Waals surface area contributed by atoms with Crippen molar-refractivity contribution in [1.82, 2.24) is 0 Å². The molecule has 5 unspecified atom stereocenters. The number of hydrogen-bond acceptors (Lipinski definition) is 12. The molecule has 0 bridgehead atoms. The number of hydrogen-bond donors (Lipinski definition) is 10. The molecule has 10 N–H and O–H groups in total. The van der Waals surface area contributed by atoms with Gasteiger partial charge in [-0.3, -0.25) is 4.79 Å². The van der Waals surface area contributed by atoms with Crippen LogP contribution in [0.25, 0.3) is 22.3 Å². The summed E-state index contributed by atoms with van der Waals surface area (Å²) >= 11 is 0. The highest BCUT2D eigenvalue weighted by atomic mass is 16.4. The largest absolute Gasteiger partial charge is 0.507 e. The molecule has 0 radical (unpaired) electrons. The van der Waals surface area contributed by atoms with Crippen LogP contribution in [0.15, 0.2) is 39.5 Å². The highest BCUT2D eigenvalue weighted by Crippen LogP contribution is 2.40. The van der Waals surface area contributed by atoms with Crippen molar-refractivity contribution in [1.29, 1.82) is 0 Å². The van der Waals surface area contributed by atoms with Gasteiger partial charge in [-0.1, -0.05) is 0 Å². The van der Waals surface area contributed by atoms with Crippen LogP contribution in [0.1, 0.15) is 11.7 Å². The van der Waals surface area contributed by atoms with Gasteiger partial charge in [-0.15, -0.1) is 0 Å². The second-order valence-corrected chi connectivity index (χ2v) is 7.38. The Kier molecular flexibility index (Phi) is 6.78. The summed E-state index contributed by atoms with van der Waals surface area (Å²) < 4.78 is 5.58. The highest BCUT2D eigenvalue weighted by molar-refractivity contribution is 5.89. The normalized spacial score (nSPS) is 16.3. The molecule has 33 heavy (non-hydrogen) atoms. The molecule has 0 aliphatic carbocycles. The van der Waals surface area contributed by atoms with Gasteiger partial charge in [0.2, 0.25) is 0 Å². The van der Waals surface area contributed by atoms with E-state index in [1.165, 1.54) is 6.07 Å². The molecule has 12 nitrogen and oxygen atoms in total. The summed E-state index contributed by atoms with van der Waals surface area (Å²) in [6.45, 7) is -0.966. The molecule has 2 aromatic carbocycles. The summed E-state index contributed by atoms with van der Waals surface area (Å²) in [4.78, 5) is 12.7. The molecule has 0 aliphatic heterocycles. The van der Waals surface area contributed by atoms with Crippen molar-refractivity contribution in [3.63, 3.8) is 0 Å². The summed E-state index contributed by atoms with van der Waals surface area (Å²) in [5, 5.41) is 98.3. The third kappa shape index (κ3) is 4.43. The molecule has 0 fully saturated rings. The zero-order valence-corrected chi connectivity index (χ0v) is 16.8. The Balaban J connectivity index is 2.19. The monoisotopic (exact) mass is 466 g/mol. The zero-order chi connectivity index (χ0) is 24.6. The van der Waals surface area contributed by atoms with Gasteiger partial charge < -0.3 is 55.5 Å². The fourth-order valence-corrected chi connectivity index (χ4v) is 3.32. The highest BCUT2D eigenvalue weighted by Gasteiger charge is 2.37. The van der Waals surface area contributed by atoms with E-state index in [-0.39, 0.29) is 11.3 Å². The van der Waals surface area contributed by atoms with Gasteiger partial charge in [0.1, 0.15) is 53.2 Å². The molecular weight excluding hydrogens is 444 g/mol. The Bertz CT molecular complexity index is 1220. The minimum absolute atomic E-state index is 0.0923. The first-order valence-electron chi connectivity index (χ1n) is 9.54. The summed E-state index contributed by atoms with van der Waals surface area (Å²) in [5.74, 6) is -2.77. The minimum Gasteiger partial charge on any atom is -0.507 e. The van der Waals surface area contributed by atoms with Gasteiger partial charge in [-0.25, -0.2) is 0 Å². The SMILES string of the molecule is O=c1cc(-c2ccc(O)c(O)c2)oc2c(C(O)C(O)C(O)C(O)C(O)CO)c(O)cc(O)c12. The van der Waals surface area contributed by atoms with E-state index in [1.807, 2.05) is 0 Å². The fraction of sp³-hybridized carbons (Fsp3) is 0.286. The number of rotatable bonds is 7. The molecule has 0 aliphatic rings. The Morgan fingerprint density at radius 3 is 2.03 bits per heavy atom. The third-order valence-electron chi connectivity index (χ3n) is 5.16. The van der Waals surface area contributed by atoms with Crippen molar-refractivity contribution in [2.75, 3.05) is 6.61 Å². The van der Waals surface area contributed by atoms with E-state index in [2.05, 4.69) is 0 Å². The summed E-state index contributed by atoms with van der Waals surface area (Å²) in [5.41, 5.74) is -1.97. The van der Waals surface area contributed by atoms with Gasteiger partial charge in [-0.05, 0) is 18.2 Å². The van der Waals surface area contributed by atoms with Crippen LogP contribution in [0.3, 0.4) is 0 Å². The predicted octanol–water partition coefficient (Wildman–Crippen LogP) is -1.25. The van der Waals surface area contributed by atoms with E-state index >= 15 is 0 Å². The van der Waals surface area contributed by atoms with Gasteiger partial charge in [0.05, 0.1) is 12.2 Å². The van der Waals surface area contributed by atoms with Crippen LogP contribution >= 0.6 is 0 Å². The number of phenols is 4. The van der Waals surface area contributed by atoms with Crippen molar-refractivity contribution in [3.05, 3.63) is 46.1 Å². The van der Waals surface area contributed by atoms with Crippen LogP contribution < -0.4 is 5.43 Å². The van der Waals surface area contributed by atoms with Gasteiger partial charge in [0, 0.05) is 17.7 Å². The molecule has 1 heterocycles. The summed E-state index contributed by atoms with van der Waals surface area (Å²) in [6.07, 6.45) is -10.6. The van der Waals surface area contributed by atoms with Crippen molar-refractivity contribution < 1.29 is 55.5 Å². The molecule has 0 saturated heterocycles. The standard InChI is InChI=1S/C21H22O12/c22-6-13(28)17(29)19(31)20(32)18(30)16-11(26)4-10(25)15-12(27)5-14(33-21(15)16)7-1-2-8(23)9(24)3-7/h1-5,13,17-20,22-26,28-32H,6H2. The Morgan fingerprint density at radius 1 is 0.758 bits per heavy atom. The number of aliphatic hydroxyl groups is 6. The molecule has 178 valence electrons. The Hall–Kier alpha value is -3.39. The summed E-state index contributed by atoms with van der Waals surface area (Å²) in [6, 6.07) is 5.08. The first-order chi connectivity index (χ1) is 15.5. The van der Waals surface area contributed by atoms with E-state index in [1.54, 1.807) is 0 Å². The van der Waals surface area contributed by atoms with Crippen molar-refractivity contribution >= 4 is 11.0 Å². The van der Waals surface area contributed by atoms with E-state index in [9.17, 15) is 50.8 Å². The van der Waals surface area contributed by atoms with Crippen LogP contribution in [-0.2, 0) is 0 Å². The first kappa shape index (κ1) is 24.3. The second-order valence-electron chi connectivity index (χ2n) is 7.38. The first-order valence-corrected chi connectivity index (χ1v) is 9.54. The molecule has 12 heteroatoms. The zero-order valence-electron chi connectivity index (χ0n) is 16.8. The Morgan fingerprint density at radius 2 is 1.42 bits per heavy atom. The van der Waals surface area contributed by atoms with E-state index in [0.29, 0.717) is 6.07 Å². The average molecular weight is 466 g/mol. The quantitative estimate of drug-likeness (QED) is 0.184. The van der Waals surface area contributed by atoms with Crippen LogP contribution in [0.4, 0.5) is 0 Å². The second kappa shape index (κ2) is 9.23. The number of aliphatic hydroxyl groups excluding tert-OH is 6. The minimum atomic E-state index is -2.26. The van der Waals surface area contributed by atoms with Crippen LogP contribution in [0, 0.1) is 0 Å². The molecule has 0 spiro atoms. The van der Waals surface area contributed by atoms with Crippen LogP contribution in [0.2, 0.25) is 0 Å². The van der Waals surface area contributed by atoms with Crippen molar-refractivity contribution in [2.24, 2.45) is 0 Å². The lowest BCUT2D eigenvalue weighted by molar-refractivity contribution is -0.141. The number of phenolic OH excluding ortho intramolecular Hbond substituents is 4. The van der Waals surface area contributed by atoms with Gasteiger partial charge >= 0.3 is 0 Å². The molecule has 0 saturated carbocycles. The molecule has 1 aromatic heterocycles. The lowest BCUT2D eigenvalue weighted by Gasteiger charge is -2.29. The maximum atomic E-state index is 12.7. The van der Waals surface area contributed by atoms with Crippen LogP contribution in [0.5, 0.6) is 23.0 Å². The van der Waals surface area contributed by atoms with E-state index in [4.69, 9.17) is 9.52 Å². The molecule has 0 amide bonds. The molecular formula is C21H22O12. The van der Waals surface area contributed by atoms with Crippen molar-refractivity contribution in [3.8, 4) is 34.3 Å². The Labute approximate surface area is 184 Å². The average Bonchev–Trinajstić information content (AvgIpc) is 2.77. The fourth-order valence-electron chi connectivity index (χ4n) is 3.32. The molecule has 3 rings (SSSR count). The number of aromatic hydroxyl groups is 4. The number of benzene rings is 2. The maximum Gasteiger partial charge on any atom is 0.197 e. The van der Waals surface area contributed by atoms with Crippen molar-refractivity contribution in [2.45, 2.75) is 30.5 Å². The molecule has 5 atom stereocenters. The number of fused-ring (bicyclic) bond motifs is 1. The van der Waals surface area contributed by atoms with Gasteiger partial charge in [-0.2, -0.15) is 0 Å². The van der Waals surface area contributed by atoms with E-state index < -0.39 is 82.1 Å². The third-order valence-corrected chi connectivity index (χ3v) is 5.16. The topological polar surface area (TPSA) is 233 Å². The lowest BCUT2D eigenvalue weighted by atomic mass is 9.93. The lowest BCUT2D eigenvalue weighted by Crippen LogP contribution is -2.47. The van der Waals surface area contributed by atoms with Gasteiger partial charge in [0.15, 0.2) is 22.5 Å². The summed E-state index contributed by atoms with van der Waals surface area (Å²) in [7, 11) is 0.